The molecule has 2 aromatic rings. The Bertz CT molecular complexity index is 716. The van der Waals surface area contributed by atoms with E-state index in [2.05, 4.69) is 19.8 Å². The fraction of sp³-hybridized carbons (Fsp3) is 0.417. The van der Waals surface area contributed by atoms with E-state index in [1.807, 2.05) is 6.92 Å². The molecule has 2 aromatic heterocycles. The van der Waals surface area contributed by atoms with Crippen LogP contribution >= 0.6 is 0 Å². The van der Waals surface area contributed by atoms with E-state index in [1.165, 1.54) is 4.68 Å². The lowest BCUT2D eigenvalue weighted by Crippen LogP contribution is -2.17. The average Bonchev–Trinajstić information content (AvgIpc) is 2.68. The molecule has 0 fully saturated rings. The number of rotatable bonds is 4. The number of anilines is 1. The molecule has 20 heavy (non-hydrogen) atoms. The highest BCUT2D eigenvalue weighted by atomic mass is 32.2. The highest BCUT2D eigenvalue weighted by Crippen LogP contribution is 2.17. The van der Waals surface area contributed by atoms with E-state index in [9.17, 15) is 8.42 Å². The van der Waals surface area contributed by atoms with Crippen LogP contribution in [0.1, 0.15) is 24.1 Å². The Morgan fingerprint density at radius 2 is 1.85 bits per heavy atom. The van der Waals surface area contributed by atoms with Crippen LogP contribution in [0.4, 0.5) is 5.82 Å². The van der Waals surface area contributed by atoms with Crippen molar-refractivity contribution < 1.29 is 8.42 Å². The summed E-state index contributed by atoms with van der Waals surface area (Å²) in [6, 6.07) is 3.42. The first kappa shape index (κ1) is 14.4. The highest BCUT2D eigenvalue weighted by molar-refractivity contribution is 7.92. The maximum Gasteiger partial charge on any atom is 0.233 e. The van der Waals surface area contributed by atoms with Crippen LogP contribution in [0.25, 0.3) is 5.82 Å². The van der Waals surface area contributed by atoms with Gasteiger partial charge in [0.25, 0.3) is 0 Å². The molecule has 0 saturated heterocycles. The predicted molar refractivity (Wildman–Crippen MR) is 76.4 cm³/mol. The zero-order valence-corrected chi connectivity index (χ0v) is 12.7. The quantitative estimate of drug-likeness (QED) is 0.919. The van der Waals surface area contributed by atoms with Gasteiger partial charge in [0.2, 0.25) is 10.0 Å². The SMILES string of the molecule is CCS(=O)(=O)Nc1cc(C)nn1-c1cc(C)nc(C)n1. The molecule has 8 heteroatoms. The highest BCUT2D eigenvalue weighted by Gasteiger charge is 2.15. The van der Waals surface area contributed by atoms with E-state index < -0.39 is 10.0 Å². The van der Waals surface area contributed by atoms with Crippen LogP contribution in [0.3, 0.4) is 0 Å². The molecule has 0 atom stereocenters. The lowest BCUT2D eigenvalue weighted by atomic mass is 10.4. The zero-order valence-electron chi connectivity index (χ0n) is 11.9. The number of hydrogen-bond donors (Lipinski definition) is 1. The molecule has 0 bridgehead atoms. The Morgan fingerprint density at radius 1 is 1.15 bits per heavy atom. The van der Waals surface area contributed by atoms with Crippen LogP contribution in [-0.2, 0) is 10.0 Å². The second kappa shape index (κ2) is 5.20. The minimum absolute atomic E-state index is 0.000936. The predicted octanol–water partition coefficient (Wildman–Crippen LogP) is 1.35. The minimum atomic E-state index is -3.36. The lowest BCUT2D eigenvalue weighted by molar-refractivity contribution is 0.602. The molecule has 0 spiro atoms. The summed E-state index contributed by atoms with van der Waals surface area (Å²) in [6.07, 6.45) is 0. The minimum Gasteiger partial charge on any atom is -0.267 e. The first-order chi connectivity index (χ1) is 9.30. The van der Waals surface area contributed by atoms with Crippen molar-refractivity contribution in [1.29, 1.82) is 0 Å². The summed E-state index contributed by atoms with van der Waals surface area (Å²) in [4.78, 5) is 8.48. The number of aryl methyl sites for hydroxylation is 3. The molecule has 7 nitrogen and oxygen atoms in total. The van der Waals surface area contributed by atoms with Crippen LogP contribution in [0.2, 0.25) is 0 Å². The average molecular weight is 295 g/mol. The van der Waals surface area contributed by atoms with Gasteiger partial charge in [-0.25, -0.2) is 18.4 Å². The van der Waals surface area contributed by atoms with Gasteiger partial charge in [-0.3, -0.25) is 4.72 Å². The second-order valence-corrected chi connectivity index (χ2v) is 6.51. The first-order valence-corrected chi connectivity index (χ1v) is 7.86. The lowest BCUT2D eigenvalue weighted by Gasteiger charge is -2.09. The van der Waals surface area contributed by atoms with Gasteiger partial charge in [0.15, 0.2) is 5.82 Å². The molecule has 108 valence electrons. The third kappa shape index (κ3) is 3.13. The van der Waals surface area contributed by atoms with Gasteiger partial charge < -0.3 is 0 Å². The van der Waals surface area contributed by atoms with Crippen molar-refractivity contribution in [1.82, 2.24) is 19.7 Å². The number of nitrogens with zero attached hydrogens (tertiary/aromatic N) is 4. The smallest absolute Gasteiger partial charge is 0.233 e. The van der Waals surface area contributed by atoms with Gasteiger partial charge in [-0.15, -0.1) is 0 Å². The van der Waals surface area contributed by atoms with Gasteiger partial charge in [-0.2, -0.15) is 9.78 Å². The van der Waals surface area contributed by atoms with E-state index in [4.69, 9.17) is 0 Å². The third-order valence-electron chi connectivity index (χ3n) is 2.64. The normalized spacial score (nSPS) is 11.6. The summed E-state index contributed by atoms with van der Waals surface area (Å²) >= 11 is 0. The van der Waals surface area contributed by atoms with Crippen molar-refractivity contribution in [3.05, 3.63) is 29.3 Å². The fourth-order valence-corrected chi connectivity index (χ4v) is 2.39. The van der Waals surface area contributed by atoms with Crippen LogP contribution < -0.4 is 4.72 Å². The Kier molecular flexibility index (Phi) is 3.76. The van der Waals surface area contributed by atoms with Gasteiger partial charge in [-0.1, -0.05) is 0 Å². The Hall–Kier alpha value is -1.96. The zero-order chi connectivity index (χ0) is 14.9. The molecule has 0 aliphatic carbocycles. The summed E-state index contributed by atoms with van der Waals surface area (Å²) in [7, 11) is -3.36. The van der Waals surface area contributed by atoms with Crippen molar-refractivity contribution in [3.8, 4) is 5.82 Å². The fourth-order valence-electron chi connectivity index (χ4n) is 1.78. The van der Waals surface area contributed by atoms with Crippen LogP contribution in [0, 0.1) is 20.8 Å². The maximum atomic E-state index is 11.7. The Morgan fingerprint density at radius 3 is 2.45 bits per heavy atom. The van der Waals surface area contributed by atoms with E-state index in [1.54, 1.807) is 32.9 Å². The van der Waals surface area contributed by atoms with Crippen molar-refractivity contribution in [2.75, 3.05) is 10.5 Å². The molecular weight excluding hydrogens is 278 g/mol. The summed E-state index contributed by atoms with van der Waals surface area (Å²) in [6.45, 7) is 7.00. The van der Waals surface area contributed by atoms with Crippen LogP contribution in [-0.4, -0.2) is 33.9 Å². The molecule has 0 saturated carbocycles. The summed E-state index contributed by atoms with van der Waals surface area (Å²) in [5.41, 5.74) is 1.50. The molecule has 0 aliphatic heterocycles. The summed E-state index contributed by atoms with van der Waals surface area (Å²) in [5.74, 6) is 1.52. The van der Waals surface area contributed by atoms with Crippen molar-refractivity contribution in [2.24, 2.45) is 0 Å². The maximum absolute atomic E-state index is 11.7. The molecule has 0 unspecified atom stereocenters. The molecule has 0 radical (unpaired) electrons. The molecule has 2 heterocycles. The molecule has 0 aliphatic rings. The van der Waals surface area contributed by atoms with Gasteiger partial charge in [0.1, 0.15) is 11.6 Å². The second-order valence-electron chi connectivity index (χ2n) is 4.50. The van der Waals surface area contributed by atoms with Crippen LogP contribution in [0.15, 0.2) is 12.1 Å². The van der Waals surface area contributed by atoms with Gasteiger partial charge in [0, 0.05) is 17.8 Å². The van der Waals surface area contributed by atoms with E-state index >= 15 is 0 Å². The van der Waals surface area contributed by atoms with E-state index in [-0.39, 0.29) is 5.75 Å². The largest absolute Gasteiger partial charge is 0.267 e. The van der Waals surface area contributed by atoms with E-state index in [0.717, 1.165) is 5.69 Å². The van der Waals surface area contributed by atoms with Gasteiger partial charge in [0.05, 0.1) is 11.4 Å². The third-order valence-corrected chi connectivity index (χ3v) is 3.92. The summed E-state index contributed by atoms with van der Waals surface area (Å²) < 4.78 is 27.4. The monoisotopic (exact) mass is 295 g/mol. The first-order valence-electron chi connectivity index (χ1n) is 6.20. The van der Waals surface area contributed by atoms with Gasteiger partial charge in [-0.05, 0) is 27.7 Å². The molecule has 2 rings (SSSR count). The van der Waals surface area contributed by atoms with Gasteiger partial charge >= 0.3 is 0 Å². The summed E-state index contributed by atoms with van der Waals surface area (Å²) in [5, 5.41) is 4.28. The molecule has 0 amide bonds. The number of aromatic nitrogens is 4. The number of sulfonamides is 1. The Balaban J connectivity index is 2.52. The van der Waals surface area contributed by atoms with Crippen molar-refractivity contribution in [2.45, 2.75) is 27.7 Å². The van der Waals surface area contributed by atoms with E-state index in [0.29, 0.717) is 23.2 Å². The van der Waals surface area contributed by atoms with Crippen LogP contribution in [0.5, 0.6) is 0 Å². The van der Waals surface area contributed by atoms with Crippen molar-refractivity contribution >= 4 is 15.8 Å². The Labute approximate surface area is 118 Å². The van der Waals surface area contributed by atoms with Crippen molar-refractivity contribution in [3.63, 3.8) is 0 Å². The topological polar surface area (TPSA) is 89.8 Å². The molecule has 0 aromatic carbocycles. The number of hydrogen-bond acceptors (Lipinski definition) is 5. The molecule has 1 N–H and O–H groups in total. The number of nitrogens with one attached hydrogen (secondary N) is 1. The molecular formula is C12H17N5O2S. The standard InChI is InChI=1S/C12H17N5O2S/c1-5-20(18,19)16-12-7-9(3)15-17(12)11-6-8(2)13-10(4)14-11/h6-7,16H,5H2,1-4H3.